The Hall–Kier alpha value is -2.08. The van der Waals surface area contributed by atoms with Crippen LogP contribution in [-0.2, 0) is 13.0 Å². The first-order valence-electron chi connectivity index (χ1n) is 6.70. The molecular formula is C15H17F2N3O. The van der Waals surface area contributed by atoms with Crippen molar-refractivity contribution in [2.24, 2.45) is 0 Å². The molecule has 6 heteroatoms. The van der Waals surface area contributed by atoms with E-state index in [0.29, 0.717) is 23.6 Å². The van der Waals surface area contributed by atoms with E-state index >= 15 is 0 Å². The molecule has 0 aliphatic rings. The first kappa shape index (κ1) is 15.3. The van der Waals surface area contributed by atoms with Gasteiger partial charge in [0, 0.05) is 31.1 Å². The Labute approximate surface area is 121 Å². The van der Waals surface area contributed by atoms with Crippen molar-refractivity contribution in [3.63, 3.8) is 0 Å². The molecule has 0 bridgehead atoms. The summed E-state index contributed by atoms with van der Waals surface area (Å²) in [5.41, 5.74) is 0.737. The molecule has 1 aromatic heterocycles. The fraction of sp³-hybridized carbons (Fsp3) is 0.333. The zero-order chi connectivity index (χ0) is 15.4. The van der Waals surface area contributed by atoms with Crippen LogP contribution in [0, 0.1) is 11.6 Å². The molecule has 0 unspecified atom stereocenters. The summed E-state index contributed by atoms with van der Waals surface area (Å²) in [6, 6.07) is 4.93. The Morgan fingerprint density at radius 2 is 1.86 bits per heavy atom. The van der Waals surface area contributed by atoms with Crippen molar-refractivity contribution in [3.8, 4) is 0 Å². The van der Waals surface area contributed by atoms with Gasteiger partial charge in [-0.3, -0.25) is 4.79 Å². The van der Waals surface area contributed by atoms with Crippen LogP contribution in [0.15, 0.2) is 29.1 Å². The number of halogens is 2. The number of rotatable bonds is 5. The van der Waals surface area contributed by atoms with E-state index in [1.54, 1.807) is 0 Å². The highest BCUT2D eigenvalue weighted by Gasteiger charge is 2.06. The van der Waals surface area contributed by atoms with Gasteiger partial charge in [-0.15, -0.1) is 0 Å². The summed E-state index contributed by atoms with van der Waals surface area (Å²) in [5, 5.41) is 3.16. The lowest BCUT2D eigenvalue weighted by molar-refractivity contribution is 0.576. The fourth-order valence-electron chi connectivity index (χ4n) is 1.95. The van der Waals surface area contributed by atoms with Gasteiger partial charge in [-0.05, 0) is 17.7 Å². The van der Waals surface area contributed by atoms with Crippen molar-refractivity contribution < 1.29 is 8.78 Å². The summed E-state index contributed by atoms with van der Waals surface area (Å²) >= 11 is 0. The number of hydrogen-bond acceptors (Lipinski definition) is 3. The van der Waals surface area contributed by atoms with E-state index in [1.807, 2.05) is 13.8 Å². The third-order valence-corrected chi connectivity index (χ3v) is 2.83. The molecule has 1 heterocycles. The topological polar surface area (TPSA) is 57.8 Å². The van der Waals surface area contributed by atoms with Crippen molar-refractivity contribution in [2.45, 2.75) is 32.9 Å². The first-order chi connectivity index (χ1) is 9.92. The minimum atomic E-state index is -0.648. The molecule has 0 radical (unpaired) electrons. The summed E-state index contributed by atoms with van der Waals surface area (Å²) in [7, 11) is 0. The molecule has 0 amide bonds. The monoisotopic (exact) mass is 293 g/mol. The van der Waals surface area contributed by atoms with Crippen molar-refractivity contribution in [3.05, 3.63) is 63.3 Å². The minimum Gasteiger partial charge on any atom is -0.310 e. The van der Waals surface area contributed by atoms with Crippen molar-refractivity contribution in [1.29, 1.82) is 0 Å². The van der Waals surface area contributed by atoms with E-state index in [-0.39, 0.29) is 18.0 Å². The quantitative estimate of drug-likeness (QED) is 0.888. The van der Waals surface area contributed by atoms with Crippen LogP contribution in [0.3, 0.4) is 0 Å². The number of benzene rings is 1. The van der Waals surface area contributed by atoms with E-state index in [1.165, 1.54) is 18.2 Å². The largest absolute Gasteiger partial charge is 0.310 e. The van der Waals surface area contributed by atoms with Gasteiger partial charge in [-0.1, -0.05) is 13.8 Å². The van der Waals surface area contributed by atoms with Crippen LogP contribution in [0.1, 0.15) is 30.9 Å². The molecule has 0 spiro atoms. The molecule has 4 nitrogen and oxygen atoms in total. The van der Waals surface area contributed by atoms with Crippen molar-refractivity contribution in [1.82, 2.24) is 15.3 Å². The summed E-state index contributed by atoms with van der Waals surface area (Å²) in [5.74, 6) is -0.914. The van der Waals surface area contributed by atoms with Crippen LogP contribution in [0.2, 0.25) is 0 Å². The number of hydrogen-bond donors (Lipinski definition) is 2. The van der Waals surface area contributed by atoms with Gasteiger partial charge in [-0.25, -0.2) is 13.8 Å². The normalized spacial score (nSPS) is 11.1. The smallest absolute Gasteiger partial charge is 0.251 e. The average Bonchev–Trinajstić information content (AvgIpc) is 2.34. The zero-order valence-corrected chi connectivity index (χ0v) is 11.9. The first-order valence-corrected chi connectivity index (χ1v) is 6.70. The molecule has 2 aromatic rings. The Morgan fingerprint density at radius 3 is 2.48 bits per heavy atom. The third-order valence-electron chi connectivity index (χ3n) is 2.83. The van der Waals surface area contributed by atoms with Gasteiger partial charge < -0.3 is 10.3 Å². The molecular weight excluding hydrogens is 276 g/mol. The van der Waals surface area contributed by atoms with Crippen LogP contribution in [0.5, 0.6) is 0 Å². The lowest BCUT2D eigenvalue weighted by Gasteiger charge is -2.08. The molecule has 0 fully saturated rings. The standard InChI is InChI=1S/C15H17F2N3O/c1-9(2)18-8-13-7-15(21)20-14(19-13)5-10-3-11(16)6-12(17)4-10/h3-4,6-7,9,18H,5,8H2,1-2H3,(H,19,20,21). The van der Waals surface area contributed by atoms with E-state index in [9.17, 15) is 13.6 Å². The van der Waals surface area contributed by atoms with Crippen molar-refractivity contribution in [2.75, 3.05) is 0 Å². The average molecular weight is 293 g/mol. The highest BCUT2D eigenvalue weighted by Crippen LogP contribution is 2.10. The van der Waals surface area contributed by atoms with E-state index in [0.717, 1.165) is 6.07 Å². The molecule has 1 aromatic carbocycles. The highest BCUT2D eigenvalue weighted by molar-refractivity contribution is 5.21. The second-order valence-electron chi connectivity index (χ2n) is 5.17. The van der Waals surface area contributed by atoms with Crippen molar-refractivity contribution >= 4 is 0 Å². The van der Waals surface area contributed by atoms with Crippen LogP contribution >= 0.6 is 0 Å². The maximum atomic E-state index is 13.2. The number of nitrogens with one attached hydrogen (secondary N) is 2. The Kier molecular flexibility index (Phi) is 4.80. The van der Waals surface area contributed by atoms with Crippen LogP contribution in [0.25, 0.3) is 0 Å². The van der Waals surface area contributed by atoms with Gasteiger partial charge in [0.1, 0.15) is 17.5 Å². The summed E-state index contributed by atoms with van der Waals surface area (Å²) in [6.07, 6.45) is 0.166. The highest BCUT2D eigenvalue weighted by atomic mass is 19.1. The molecule has 21 heavy (non-hydrogen) atoms. The van der Waals surface area contributed by atoms with Crippen LogP contribution < -0.4 is 10.9 Å². The fourth-order valence-corrected chi connectivity index (χ4v) is 1.95. The summed E-state index contributed by atoms with van der Waals surface area (Å²) in [4.78, 5) is 18.5. The van der Waals surface area contributed by atoms with Crippen LogP contribution in [-0.4, -0.2) is 16.0 Å². The SMILES string of the molecule is CC(C)NCc1cc(=O)[nH]c(Cc2cc(F)cc(F)c2)n1. The predicted octanol–water partition coefficient (Wildman–Crippen LogP) is 2.14. The van der Waals surface area contributed by atoms with Crippen LogP contribution in [0.4, 0.5) is 8.78 Å². The second kappa shape index (κ2) is 6.58. The van der Waals surface area contributed by atoms with Gasteiger partial charge >= 0.3 is 0 Å². The summed E-state index contributed by atoms with van der Waals surface area (Å²) in [6.45, 7) is 4.44. The Balaban J connectivity index is 2.21. The van der Waals surface area contributed by atoms with E-state index in [4.69, 9.17) is 0 Å². The molecule has 2 rings (SSSR count). The number of aromatic nitrogens is 2. The minimum absolute atomic E-state index is 0.166. The molecule has 0 saturated carbocycles. The predicted molar refractivity (Wildman–Crippen MR) is 76.0 cm³/mol. The number of aromatic amines is 1. The second-order valence-corrected chi connectivity index (χ2v) is 5.17. The molecule has 0 aliphatic carbocycles. The number of H-pyrrole nitrogens is 1. The zero-order valence-electron chi connectivity index (χ0n) is 11.9. The lowest BCUT2D eigenvalue weighted by atomic mass is 10.1. The van der Waals surface area contributed by atoms with Gasteiger partial charge in [-0.2, -0.15) is 0 Å². The Morgan fingerprint density at radius 1 is 1.19 bits per heavy atom. The van der Waals surface area contributed by atoms with Gasteiger partial charge in [0.05, 0.1) is 5.69 Å². The van der Waals surface area contributed by atoms with E-state index < -0.39 is 11.6 Å². The molecule has 2 N–H and O–H groups in total. The van der Waals surface area contributed by atoms with Gasteiger partial charge in [0.25, 0.3) is 5.56 Å². The third kappa shape index (κ3) is 4.75. The molecule has 112 valence electrons. The number of nitrogens with zero attached hydrogens (tertiary/aromatic N) is 1. The van der Waals surface area contributed by atoms with Gasteiger partial charge in [0.2, 0.25) is 0 Å². The maximum absolute atomic E-state index is 13.2. The molecule has 0 aliphatic heterocycles. The Bertz CT molecular complexity index is 663. The summed E-state index contributed by atoms with van der Waals surface area (Å²) < 4.78 is 26.3. The maximum Gasteiger partial charge on any atom is 0.251 e. The van der Waals surface area contributed by atoms with Gasteiger partial charge in [0.15, 0.2) is 0 Å². The van der Waals surface area contributed by atoms with E-state index in [2.05, 4.69) is 15.3 Å². The lowest BCUT2D eigenvalue weighted by Crippen LogP contribution is -2.24. The molecule has 0 atom stereocenters. The molecule has 0 saturated heterocycles.